The summed E-state index contributed by atoms with van der Waals surface area (Å²) in [7, 11) is 0. The molecule has 0 heterocycles. The summed E-state index contributed by atoms with van der Waals surface area (Å²) in [5, 5.41) is 3.45. The molecule has 0 unspecified atom stereocenters. The molecule has 0 aliphatic carbocycles. The van der Waals surface area contributed by atoms with Crippen molar-refractivity contribution in [1.82, 2.24) is 5.32 Å². The minimum Gasteiger partial charge on any atom is -0.452 e. The lowest BCUT2D eigenvalue weighted by Gasteiger charge is -2.18. The monoisotopic (exact) mass is 345 g/mol. The second-order valence-electron chi connectivity index (χ2n) is 5.40. The standard InChI is InChI=1S/C19H20ClNO3/c1-2-6-17(14-7-4-3-5-8-14)21-18(22)13-24-19(23)15-9-11-16(20)12-10-15/h3-5,7-12,17H,2,6,13H2,1H3,(H,21,22)/t17-/m1/s1. The summed E-state index contributed by atoms with van der Waals surface area (Å²) in [6.45, 7) is 1.75. The smallest absolute Gasteiger partial charge is 0.338 e. The van der Waals surface area contributed by atoms with E-state index in [1.54, 1.807) is 24.3 Å². The topological polar surface area (TPSA) is 55.4 Å². The van der Waals surface area contributed by atoms with Gasteiger partial charge in [0.05, 0.1) is 11.6 Å². The van der Waals surface area contributed by atoms with Crippen LogP contribution in [0.3, 0.4) is 0 Å². The number of hydrogen-bond acceptors (Lipinski definition) is 3. The zero-order valence-electron chi connectivity index (χ0n) is 13.5. The van der Waals surface area contributed by atoms with Crippen LogP contribution in [-0.2, 0) is 9.53 Å². The van der Waals surface area contributed by atoms with Crippen molar-refractivity contribution in [2.24, 2.45) is 0 Å². The van der Waals surface area contributed by atoms with E-state index in [9.17, 15) is 9.59 Å². The van der Waals surface area contributed by atoms with Crippen molar-refractivity contribution < 1.29 is 14.3 Å². The van der Waals surface area contributed by atoms with Gasteiger partial charge in [-0.25, -0.2) is 4.79 Å². The quantitative estimate of drug-likeness (QED) is 0.767. The lowest BCUT2D eigenvalue weighted by atomic mass is 10.0. The molecule has 0 radical (unpaired) electrons. The molecule has 2 aromatic carbocycles. The molecular weight excluding hydrogens is 326 g/mol. The van der Waals surface area contributed by atoms with Gasteiger partial charge in [0.15, 0.2) is 6.61 Å². The molecule has 2 aromatic rings. The van der Waals surface area contributed by atoms with Gasteiger partial charge in [-0.3, -0.25) is 4.79 Å². The molecule has 0 aromatic heterocycles. The summed E-state index contributed by atoms with van der Waals surface area (Å²) in [6.07, 6.45) is 1.76. The molecule has 2 rings (SSSR count). The Balaban J connectivity index is 1.89. The van der Waals surface area contributed by atoms with Crippen LogP contribution in [0.1, 0.15) is 41.7 Å². The molecule has 1 atom stereocenters. The summed E-state index contributed by atoms with van der Waals surface area (Å²) in [5.41, 5.74) is 1.40. The van der Waals surface area contributed by atoms with E-state index in [-0.39, 0.29) is 18.6 Å². The summed E-state index contributed by atoms with van der Waals surface area (Å²) in [6, 6.07) is 16.0. The van der Waals surface area contributed by atoms with Crippen molar-refractivity contribution in [1.29, 1.82) is 0 Å². The number of ether oxygens (including phenoxy) is 1. The lowest BCUT2D eigenvalue weighted by Crippen LogP contribution is -2.32. The van der Waals surface area contributed by atoms with Gasteiger partial charge < -0.3 is 10.1 Å². The number of carbonyl (C=O) groups is 2. The largest absolute Gasteiger partial charge is 0.452 e. The SMILES string of the molecule is CCC[C@@H](NC(=O)COC(=O)c1ccc(Cl)cc1)c1ccccc1. The van der Waals surface area contributed by atoms with E-state index < -0.39 is 5.97 Å². The first-order chi connectivity index (χ1) is 11.6. The summed E-state index contributed by atoms with van der Waals surface area (Å²) < 4.78 is 5.05. The molecule has 4 nitrogen and oxygen atoms in total. The van der Waals surface area contributed by atoms with Gasteiger partial charge in [0.25, 0.3) is 5.91 Å². The van der Waals surface area contributed by atoms with Gasteiger partial charge in [-0.2, -0.15) is 0 Å². The van der Waals surface area contributed by atoms with Crippen LogP contribution in [0.2, 0.25) is 5.02 Å². The molecule has 126 valence electrons. The first-order valence-corrected chi connectivity index (χ1v) is 8.25. The molecule has 5 heteroatoms. The van der Waals surface area contributed by atoms with E-state index in [1.165, 1.54) is 0 Å². The van der Waals surface area contributed by atoms with Gasteiger partial charge >= 0.3 is 5.97 Å². The molecule has 1 amide bonds. The number of hydrogen-bond donors (Lipinski definition) is 1. The number of amides is 1. The van der Waals surface area contributed by atoms with E-state index in [1.807, 2.05) is 30.3 Å². The maximum atomic E-state index is 12.1. The number of nitrogens with one attached hydrogen (secondary N) is 1. The van der Waals surface area contributed by atoms with Crippen LogP contribution in [0.5, 0.6) is 0 Å². The Kier molecular flexibility index (Phi) is 6.82. The third-order valence-electron chi connectivity index (χ3n) is 3.53. The molecule has 24 heavy (non-hydrogen) atoms. The molecule has 0 spiro atoms. The van der Waals surface area contributed by atoms with Gasteiger partial charge in [0.1, 0.15) is 0 Å². The van der Waals surface area contributed by atoms with Gasteiger partial charge in [0, 0.05) is 5.02 Å². The van der Waals surface area contributed by atoms with Crippen molar-refractivity contribution in [3.63, 3.8) is 0 Å². The fourth-order valence-electron chi connectivity index (χ4n) is 2.33. The van der Waals surface area contributed by atoms with Crippen LogP contribution >= 0.6 is 11.6 Å². The number of carbonyl (C=O) groups excluding carboxylic acids is 2. The average Bonchev–Trinajstić information content (AvgIpc) is 2.60. The van der Waals surface area contributed by atoms with E-state index in [2.05, 4.69) is 12.2 Å². The Morgan fingerprint density at radius 2 is 1.75 bits per heavy atom. The van der Waals surface area contributed by atoms with Crippen LogP contribution in [-0.4, -0.2) is 18.5 Å². The second kappa shape index (κ2) is 9.08. The predicted octanol–water partition coefficient (Wildman–Crippen LogP) is 4.15. The lowest BCUT2D eigenvalue weighted by molar-refractivity contribution is -0.125. The summed E-state index contributed by atoms with van der Waals surface area (Å²) in [4.78, 5) is 24.0. The Labute approximate surface area is 146 Å². The number of rotatable bonds is 7. The van der Waals surface area contributed by atoms with Gasteiger partial charge in [-0.05, 0) is 36.2 Å². The van der Waals surface area contributed by atoms with Crippen molar-refractivity contribution in [3.8, 4) is 0 Å². The van der Waals surface area contributed by atoms with Crippen LogP contribution < -0.4 is 5.32 Å². The number of halogens is 1. The van der Waals surface area contributed by atoms with Crippen molar-refractivity contribution >= 4 is 23.5 Å². The Bertz CT molecular complexity index is 671. The molecular formula is C19H20ClNO3. The fourth-order valence-corrected chi connectivity index (χ4v) is 2.46. The zero-order valence-corrected chi connectivity index (χ0v) is 14.3. The predicted molar refractivity (Wildman–Crippen MR) is 94.0 cm³/mol. The maximum Gasteiger partial charge on any atom is 0.338 e. The highest BCUT2D eigenvalue weighted by atomic mass is 35.5. The maximum absolute atomic E-state index is 12.1. The molecule has 0 aliphatic rings. The van der Waals surface area contributed by atoms with Crippen LogP contribution in [0.15, 0.2) is 54.6 Å². The second-order valence-corrected chi connectivity index (χ2v) is 5.84. The molecule has 1 N–H and O–H groups in total. The van der Waals surface area contributed by atoms with E-state index in [4.69, 9.17) is 16.3 Å². The van der Waals surface area contributed by atoms with E-state index in [0.29, 0.717) is 10.6 Å². The first-order valence-electron chi connectivity index (χ1n) is 7.87. The Morgan fingerprint density at radius 1 is 1.08 bits per heavy atom. The minimum atomic E-state index is -0.548. The molecule has 0 bridgehead atoms. The third kappa shape index (κ3) is 5.39. The highest BCUT2D eigenvalue weighted by Crippen LogP contribution is 2.18. The number of esters is 1. The van der Waals surface area contributed by atoms with Crippen LogP contribution in [0.25, 0.3) is 0 Å². The molecule has 0 fully saturated rings. The Hall–Kier alpha value is -2.33. The van der Waals surface area contributed by atoms with Gasteiger partial charge in [-0.15, -0.1) is 0 Å². The van der Waals surface area contributed by atoms with Crippen molar-refractivity contribution in [3.05, 3.63) is 70.7 Å². The van der Waals surface area contributed by atoms with Crippen LogP contribution in [0.4, 0.5) is 0 Å². The summed E-state index contributed by atoms with van der Waals surface area (Å²) >= 11 is 5.77. The fraction of sp³-hybridized carbons (Fsp3) is 0.263. The first kappa shape index (κ1) is 18.0. The normalized spacial score (nSPS) is 11.6. The number of benzene rings is 2. The van der Waals surface area contributed by atoms with Gasteiger partial charge in [0.2, 0.25) is 0 Å². The molecule has 0 saturated carbocycles. The highest BCUT2D eigenvalue weighted by Gasteiger charge is 2.15. The van der Waals surface area contributed by atoms with Crippen LogP contribution in [0, 0.1) is 0 Å². The zero-order chi connectivity index (χ0) is 17.4. The van der Waals surface area contributed by atoms with E-state index >= 15 is 0 Å². The third-order valence-corrected chi connectivity index (χ3v) is 3.78. The Morgan fingerprint density at radius 3 is 2.38 bits per heavy atom. The average molecular weight is 346 g/mol. The van der Waals surface area contributed by atoms with E-state index in [0.717, 1.165) is 18.4 Å². The molecule has 0 saturated heterocycles. The minimum absolute atomic E-state index is 0.0852. The molecule has 0 aliphatic heterocycles. The van der Waals surface area contributed by atoms with Crippen molar-refractivity contribution in [2.75, 3.05) is 6.61 Å². The van der Waals surface area contributed by atoms with Gasteiger partial charge in [-0.1, -0.05) is 55.3 Å². The summed E-state index contributed by atoms with van der Waals surface area (Å²) in [5.74, 6) is -0.867. The highest BCUT2D eigenvalue weighted by molar-refractivity contribution is 6.30. The van der Waals surface area contributed by atoms with Crippen molar-refractivity contribution in [2.45, 2.75) is 25.8 Å².